The third kappa shape index (κ3) is 3.61. The van der Waals surface area contributed by atoms with E-state index in [2.05, 4.69) is 20.7 Å². The Morgan fingerprint density at radius 3 is 2.19 bits per heavy atom. The van der Waals surface area contributed by atoms with Crippen LogP contribution in [0.15, 0.2) is 23.3 Å². The molecule has 1 aromatic heterocycles. The van der Waals surface area contributed by atoms with Crippen LogP contribution in [0.1, 0.15) is 60.3 Å². The van der Waals surface area contributed by atoms with Gasteiger partial charge >= 0.3 is 0 Å². The molecule has 6 rings (SSSR count). The fraction of sp³-hybridized carbons (Fsp3) is 0.542. The fourth-order valence-corrected chi connectivity index (χ4v) is 6.52. The minimum atomic E-state index is -0.340. The van der Waals surface area contributed by atoms with Gasteiger partial charge in [-0.2, -0.15) is 10.2 Å². The monoisotopic (exact) mass is 438 g/mol. The van der Waals surface area contributed by atoms with E-state index in [0.717, 1.165) is 23.4 Å². The molecule has 0 saturated heterocycles. The van der Waals surface area contributed by atoms with Crippen LogP contribution in [0, 0.1) is 17.8 Å². The van der Waals surface area contributed by atoms with Gasteiger partial charge in [-0.3, -0.25) is 9.89 Å². The number of rotatable bonds is 7. The third-order valence-corrected chi connectivity index (χ3v) is 7.53. The Morgan fingerprint density at radius 2 is 1.59 bits per heavy atom. The summed E-state index contributed by atoms with van der Waals surface area (Å²) in [5.74, 6) is 3.83. The van der Waals surface area contributed by atoms with Crippen LogP contribution in [0.3, 0.4) is 0 Å². The van der Waals surface area contributed by atoms with E-state index in [1.165, 1.54) is 44.7 Å². The van der Waals surface area contributed by atoms with Gasteiger partial charge in [0.1, 0.15) is 5.75 Å². The molecule has 0 aliphatic heterocycles. The highest BCUT2D eigenvalue weighted by Crippen LogP contribution is 2.60. The molecule has 4 fully saturated rings. The van der Waals surface area contributed by atoms with Gasteiger partial charge in [0.15, 0.2) is 17.2 Å². The maximum atomic E-state index is 12.7. The topological polar surface area (TPSA) is 97.8 Å². The first-order valence-corrected chi connectivity index (χ1v) is 11.2. The zero-order chi connectivity index (χ0) is 22.3. The van der Waals surface area contributed by atoms with Crippen molar-refractivity contribution in [3.05, 3.63) is 35.2 Å². The summed E-state index contributed by atoms with van der Waals surface area (Å²) in [7, 11) is 4.69. The van der Waals surface area contributed by atoms with Gasteiger partial charge in [-0.05, 0) is 68.4 Å². The number of aromatic amines is 1. The lowest BCUT2D eigenvalue weighted by Gasteiger charge is -2.56. The molecule has 2 aromatic rings. The van der Waals surface area contributed by atoms with Crippen LogP contribution in [0.25, 0.3) is 0 Å². The summed E-state index contributed by atoms with van der Waals surface area (Å²) in [6.07, 6.45) is 9.34. The average Bonchev–Trinajstić information content (AvgIpc) is 3.29. The highest BCUT2D eigenvalue weighted by atomic mass is 16.5. The van der Waals surface area contributed by atoms with E-state index in [0.29, 0.717) is 28.5 Å². The lowest BCUT2D eigenvalue weighted by atomic mass is 9.49. The molecule has 32 heavy (non-hydrogen) atoms. The predicted octanol–water partition coefficient (Wildman–Crippen LogP) is 3.67. The number of carbonyl (C=O) groups is 1. The SMILES string of the molecule is COc1cc(OC)c(OC)cc1/C=N\NC(=O)c1cc(C23CC4CC(CC(C4)C2)C3)[nH]n1. The van der Waals surface area contributed by atoms with E-state index in [4.69, 9.17) is 14.2 Å². The van der Waals surface area contributed by atoms with E-state index in [-0.39, 0.29) is 11.3 Å². The van der Waals surface area contributed by atoms with Crippen molar-refractivity contribution in [2.45, 2.75) is 43.9 Å². The van der Waals surface area contributed by atoms with Crippen LogP contribution >= 0.6 is 0 Å². The third-order valence-electron chi connectivity index (χ3n) is 7.53. The van der Waals surface area contributed by atoms with Crippen LogP contribution in [0.2, 0.25) is 0 Å². The maximum Gasteiger partial charge on any atom is 0.291 e. The van der Waals surface area contributed by atoms with Crippen LogP contribution in [-0.4, -0.2) is 43.6 Å². The summed E-state index contributed by atoms with van der Waals surface area (Å²) >= 11 is 0. The molecule has 4 saturated carbocycles. The summed E-state index contributed by atoms with van der Waals surface area (Å²) in [4.78, 5) is 12.7. The molecule has 170 valence electrons. The highest BCUT2D eigenvalue weighted by Gasteiger charge is 2.52. The second-order valence-electron chi connectivity index (χ2n) is 9.51. The van der Waals surface area contributed by atoms with Gasteiger partial charge < -0.3 is 14.2 Å². The average molecular weight is 439 g/mol. The zero-order valence-corrected chi connectivity index (χ0v) is 18.8. The van der Waals surface area contributed by atoms with Gasteiger partial charge in [0.2, 0.25) is 0 Å². The van der Waals surface area contributed by atoms with Gasteiger partial charge in [0.25, 0.3) is 5.91 Å². The van der Waals surface area contributed by atoms with Crippen molar-refractivity contribution in [1.29, 1.82) is 0 Å². The largest absolute Gasteiger partial charge is 0.496 e. The molecule has 1 heterocycles. The molecule has 1 amide bonds. The zero-order valence-electron chi connectivity index (χ0n) is 18.8. The molecular formula is C24H30N4O4. The summed E-state index contributed by atoms with van der Waals surface area (Å²) in [6, 6.07) is 5.38. The summed E-state index contributed by atoms with van der Waals surface area (Å²) in [5, 5.41) is 11.6. The molecule has 0 spiro atoms. The van der Waals surface area contributed by atoms with E-state index in [1.54, 1.807) is 33.5 Å². The molecule has 4 aliphatic rings. The lowest BCUT2D eigenvalue weighted by molar-refractivity contribution is -0.00721. The number of H-pyrrole nitrogens is 1. The first kappa shape index (κ1) is 20.8. The Hall–Kier alpha value is -3.03. The summed E-state index contributed by atoms with van der Waals surface area (Å²) in [6.45, 7) is 0. The molecule has 0 radical (unpaired) electrons. The number of amides is 1. The number of hydrogen-bond donors (Lipinski definition) is 2. The van der Waals surface area contributed by atoms with Gasteiger partial charge in [0.05, 0.1) is 27.5 Å². The van der Waals surface area contributed by atoms with Crippen molar-refractivity contribution < 1.29 is 19.0 Å². The predicted molar refractivity (Wildman–Crippen MR) is 120 cm³/mol. The summed E-state index contributed by atoms with van der Waals surface area (Å²) < 4.78 is 16.0. The first-order chi connectivity index (χ1) is 15.5. The summed E-state index contributed by atoms with van der Waals surface area (Å²) in [5.41, 5.74) is 4.89. The highest BCUT2D eigenvalue weighted by molar-refractivity contribution is 5.93. The molecule has 0 unspecified atom stereocenters. The molecule has 4 aliphatic carbocycles. The Morgan fingerprint density at radius 1 is 1.00 bits per heavy atom. The van der Waals surface area contributed by atoms with Gasteiger partial charge in [-0.25, -0.2) is 5.43 Å². The standard InChI is InChI=1S/C24H30N4O4/c1-30-19-9-21(32-3)20(31-2)7-17(19)13-25-28-23(29)18-8-22(27-26-18)24-10-14-4-15(11-24)6-16(5-14)12-24/h7-9,13-16H,4-6,10-12H2,1-3H3,(H,26,27)(H,28,29)/b25-13-. The minimum Gasteiger partial charge on any atom is -0.496 e. The van der Waals surface area contributed by atoms with E-state index < -0.39 is 0 Å². The molecular weight excluding hydrogens is 408 g/mol. The Balaban J connectivity index is 1.29. The smallest absolute Gasteiger partial charge is 0.291 e. The van der Waals surface area contributed by atoms with Crippen molar-refractivity contribution in [3.63, 3.8) is 0 Å². The second-order valence-corrected chi connectivity index (χ2v) is 9.51. The maximum absolute atomic E-state index is 12.7. The van der Waals surface area contributed by atoms with Crippen molar-refractivity contribution in [1.82, 2.24) is 15.6 Å². The normalized spacial score (nSPS) is 28.2. The van der Waals surface area contributed by atoms with Gasteiger partial charge in [-0.15, -0.1) is 0 Å². The number of aromatic nitrogens is 2. The molecule has 4 bridgehead atoms. The molecule has 2 N–H and O–H groups in total. The van der Waals surface area contributed by atoms with Crippen molar-refractivity contribution in [3.8, 4) is 17.2 Å². The number of benzene rings is 1. The van der Waals surface area contributed by atoms with Gasteiger partial charge in [0, 0.05) is 22.7 Å². The number of nitrogens with zero attached hydrogens (tertiary/aromatic N) is 2. The molecule has 1 aromatic carbocycles. The van der Waals surface area contributed by atoms with E-state index in [9.17, 15) is 4.79 Å². The van der Waals surface area contributed by atoms with Crippen LogP contribution in [-0.2, 0) is 5.41 Å². The number of nitrogens with one attached hydrogen (secondary N) is 2. The second kappa shape index (κ2) is 8.15. The van der Waals surface area contributed by atoms with Crippen LogP contribution < -0.4 is 19.6 Å². The van der Waals surface area contributed by atoms with E-state index >= 15 is 0 Å². The molecule has 0 atom stereocenters. The number of hydrogen-bond acceptors (Lipinski definition) is 6. The van der Waals surface area contributed by atoms with Crippen molar-refractivity contribution in [2.24, 2.45) is 22.9 Å². The number of carbonyl (C=O) groups excluding carboxylic acids is 1. The fourth-order valence-electron chi connectivity index (χ4n) is 6.52. The van der Waals surface area contributed by atoms with Crippen molar-refractivity contribution in [2.75, 3.05) is 21.3 Å². The Kier molecular flexibility index (Phi) is 5.31. The van der Waals surface area contributed by atoms with Crippen LogP contribution in [0.5, 0.6) is 17.2 Å². The first-order valence-electron chi connectivity index (χ1n) is 11.2. The van der Waals surface area contributed by atoms with Crippen LogP contribution in [0.4, 0.5) is 0 Å². The van der Waals surface area contributed by atoms with Crippen molar-refractivity contribution >= 4 is 12.1 Å². The quantitative estimate of drug-likeness (QED) is 0.508. The molecule has 8 heteroatoms. The van der Waals surface area contributed by atoms with E-state index in [1.807, 2.05) is 6.07 Å². The molecule has 8 nitrogen and oxygen atoms in total. The minimum absolute atomic E-state index is 0.177. The Labute approximate surface area is 187 Å². The Bertz CT molecular complexity index is 1010. The van der Waals surface area contributed by atoms with Gasteiger partial charge in [-0.1, -0.05) is 0 Å². The number of methoxy groups -OCH3 is 3. The number of ether oxygens (including phenoxy) is 3. The lowest BCUT2D eigenvalue weighted by Crippen LogP contribution is -2.48. The number of hydrazone groups is 1.